The predicted molar refractivity (Wildman–Crippen MR) is 60.8 cm³/mol. The average molecular weight is 301 g/mol. The molecule has 18 heavy (non-hydrogen) atoms. The minimum absolute atomic E-state index is 0.0396. The monoisotopic (exact) mass is 300 g/mol. The van der Waals surface area contributed by atoms with Crippen molar-refractivity contribution in [2.24, 2.45) is 5.92 Å². The SMILES string of the molecule is FC(F)(F)C1CCCN(c2nc(Cl)nnc2Cl)C1. The maximum absolute atomic E-state index is 12.7. The molecule has 1 unspecified atom stereocenters. The Labute approximate surface area is 111 Å². The van der Waals surface area contributed by atoms with Crippen LogP contribution in [-0.4, -0.2) is 34.4 Å². The van der Waals surface area contributed by atoms with Crippen LogP contribution < -0.4 is 4.90 Å². The molecule has 2 heterocycles. The molecule has 1 saturated heterocycles. The number of piperidine rings is 1. The zero-order valence-electron chi connectivity index (χ0n) is 9.08. The Bertz CT molecular complexity index is 440. The third-order valence-corrected chi connectivity index (χ3v) is 3.19. The maximum atomic E-state index is 12.7. The summed E-state index contributed by atoms with van der Waals surface area (Å²) in [6.07, 6.45) is -3.68. The Morgan fingerprint density at radius 1 is 1.22 bits per heavy atom. The van der Waals surface area contributed by atoms with E-state index < -0.39 is 12.1 Å². The van der Waals surface area contributed by atoms with Crippen LogP contribution in [0.2, 0.25) is 10.4 Å². The summed E-state index contributed by atoms with van der Waals surface area (Å²) >= 11 is 11.3. The van der Waals surface area contributed by atoms with Gasteiger partial charge >= 0.3 is 6.18 Å². The lowest BCUT2D eigenvalue weighted by atomic mass is 9.98. The lowest BCUT2D eigenvalue weighted by molar-refractivity contribution is -0.176. The lowest BCUT2D eigenvalue weighted by Gasteiger charge is -2.34. The molecule has 1 fully saturated rings. The number of rotatable bonds is 1. The molecule has 0 amide bonds. The Hall–Kier alpha value is -0.820. The van der Waals surface area contributed by atoms with Gasteiger partial charge in [-0.2, -0.15) is 18.2 Å². The third kappa shape index (κ3) is 2.95. The van der Waals surface area contributed by atoms with Crippen LogP contribution in [0.5, 0.6) is 0 Å². The highest BCUT2D eigenvalue weighted by Crippen LogP contribution is 2.35. The highest BCUT2D eigenvalue weighted by molar-refractivity contribution is 6.32. The van der Waals surface area contributed by atoms with Crippen LogP contribution in [-0.2, 0) is 0 Å². The van der Waals surface area contributed by atoms with Gasteiger partial charge in [0.2, 0.25) is 5.28 Å². The van der Waals surface area contributed by atoms with Crippen molar-refractivity contribution in [3.63, 3.8) is 0 Å². The van der Waals surface area contributed by atoms with E-state index in [-0.39, 0.29) is 29.2 Å². The first-order valence-corrected chi connectivity index (χ1v) is 6.01. The van der Waals surface area contributed by atoms with Gasteiger partial charge in [-0.3, -0.25) is 0 Å². The Morgan fingerprint density at radius 3 is 2.61 bits per heavy atom. The molecule has 4 nitrogen and oxygen atoms in total. The van der Waals surface area contributed by atoms with Crippen molar-refractivity contribution in [2.75, 3.05) is 18.0 Å². The van der Waals surface area contributed by atoms with Gasteiger partial charge in [0.05, 0.1) is 5.92 Å². The highest BCUT2D eigenvalue weighted by Gasteiger charge is 2.42. The molecule has 0 aromatic carbocycles. The second-order valence-electron chi connectivity index (χ2n) is 4.02. The molecule has 0 bridgehead atoms. The van der Waals surface area contributed by atoms with Gasteiger partial charge < -0.3 is 4.90 Å². The summed E-state index contributed by atoms with van der Waals surface area (Å²) in [5, 5.41) is 6.79. The lowest BCUT2D eigenvalue weighted by Crippen LogP contribution is -2.42. The van der Waals surface area contributed by atoms with Crippen molar-refractivity contribution >= 4 is 29.0 Å². The van der Waals surface area contributed by atoms with E-state index in [0.717, 1.165) is 0 Å². The molecule has 9 heteroatoms. The van der Waals surface area contributed by atoms with Crippen molar-refractivity contribution < 1.29 is 13.2 Å². The summed E-state index contributed by atoms with van der Waals surface area (Å²) < 4.78 is 38.0. The number of halogens is 5. The van der Waals surface area contributed by atoms with Crippen LogP contribution in [0.25, 0.3) is 0 Å². The molecule has 0 aliphatic carbocycles. The molecule has 100 valence electrons. The van der Waals surface area contributed by atoms with Gasteiger partial charge in [-0.05, 0) is 24.4 Å². The number of hydrogen-bond acceptors (Lipinski definition) is 4. The molecule has 1 aromatic heterocycles. The van der Waals surface area contributed by atoms with E-state index in [2.05, 4.69) is 15.2 Å². The molecule has 0 saturated carbocycles. The number of anilines is 1. The predicted octanol–water partition coefficient (Wildman–Crippen LogP) is 2.96. The zero-order chi connectivity index (χ0) is 13.3. The zero-order valence-corrected chi connectivity index (χ0v) is 10.6. The number of alkyl halides is 3. The number of hydrogen-bond donors (Lipinski definition) is 0. The minimum atomic E-state index is -4.21. The van der Waals surface area contributed by atoms with Gasteiger partial charge in [0.15, 0.2) is 11.0 Å². The Balaban J connectivity index is 2.21. The molecule has 1 atom stereocenters. The molecule has 0 N–H and O–H groups in total. The molecule has 0 radical (unpaired) electrons. The fourth-order valence-corrected chi connectivity index (χ4v) is 2.24. The van der Waals surface area contributed by atoms with Crippen molar-refractivity contribution in [3.05, 3.63) is 10.4 Å². The second kappa shape index (κ2) is 5.05. The largest absolute Gasteiger partial charge is 0.393 e. The minimum Gasteiger partial charge on any atom is -0.353 e. The fourth-order valence-electron chi connectivity index (χ4n) is 1.92. The second-order valence-corrected chi connectivity index (χ2v) is 4.72. The fraction of sp³-hybridized carbons (Fsp3) is 0.667. The van der Waals surface area contributed by atoms with Gasteiger partial charge in [0.1, 0.15) is 0 Å². The molecule has 0 spiro atoms. The normalized spacial score (nSPS) is 21.2. The van der Waals surface area contributed by atoms with Gasteiger partial charge in [-0.25, -0.2) is 0 Å². The van der Waals surface area contributed by atoms with E-state index in [0.29, 0.717) is 13.0 Å². The first-order valence-electron chi connectivity index (χ1n) is 5.25. The van der Waals surface area contributed by atoms with Crippen molar-refractivity contribution in [1.82, 2.24) is 15.2 Å². The smallest absolute Gasteiger partial charge is 0.353 e. The summed E-state index contributed by atoms with van der Waals surface area (Å²) in [7, 11) is 0. The van der Waals surface area contributed by atoms with E-state index in [1.807, 2.05) is 0 Å². The van der Waals surface area contributed by atoms with E-state index in [1.54, 1.807) is 0 Å². The molecule has 1 aliphatic rings. The summed E-state index contributed by atoms with van der Waals surface area (Å²) in [6.45, 7) is 0.263. The third-order valence-electron chi connectivity index (χ3n) is 2.79. The first-order chi connectivity index (χ1) is 8.38. The average Bonchev–Trinajstić information content (AvgIpc) is 2.31. The van der Waals surface area contributed by atoms with Gasteiger partial charge in [0, 0.05) is 13.1 Å². The summed E-state index contributed by atoms with van der Waals surface area (Å²) in [6, 6.07) is 0. The molecule has 1 aliphatic heterocycles. The van der Waals surface area contributed by atoms with E-state index in [4.69, 9.17) is 23.2 Å². The summed E-state index contributed by atoms with van der Waals surface area (Å²) in [5.74, 6) is -1.22. The van der Waals surface area contributed by atoms with Crippen LogP contribution in [0.15, 0.2) is 0 Å². The highest BCUT2D eigenvalue weighted by atomic mass is 35.5. The molecule has 1 aromatic rings. The van der Waals surface area contributed by atoms with Crippen molar-refractivity contribution in [3.8, 4) is 0 Å². The van der Waals surface area contributed by atoms with Crippen LogP contribution in [0, 0.1) is 5.92 Å². The van der Waals surface area contributed by atoms with E-state index >= 15 is 0 Å². The molecule has 2 rings (SSSR count). The number of aromatic nitrogens is 3. The van der Waals surface area contributed by atoms with Gasteiger partial charge in [0.25, 0.3) is 0 Å². The Kier molecular flexibility index (Phi) is 3.82. The van der Waals surface area contributed by atoms with Gasteiger partial charge in [-0.15, -0.1) is 10.2 Å². The standard InChI is InChI=1S/C9H9Cl2F3N4/c10-6-7(15-8(11)17-16-6)18-3-1-2-5(4-18)9(12,13)14/h5H,1-4H2. The number of nitrogens with zero attached hydrogens (tertiary/aromatic N) is 4. The summed E-state index contributed by atoms with van der Waals surface area (Å²) in [4.78, 5) is 5.28. The summed E-state index contributed by atoms with van der Waals surface area (Å²) in [5.41, 5.74) is 0. The van der Waals surface area contributed by atoms with Crippen LogP contribution in [0.1, 0.15) is 12.8 Å². The molecular weight excluding hydrogens is 292 g/mol. The van der Waals surface area contributed by atoms with Crippen LogP contribution in [0.4, 0.5) is 19.0 Å². The maximum Gasteiger partial charge on any atom is 0.393 e. The van der Waals surface area contributed by atoms with Crippen molar-refractivity contribution in [2.45, 2.75) is 19.0 Å². The Morgan fingerprint density at radius 2 is 1.94 bits per heavy atom. The quantitative estimate of drug-likeness (QED) is 0.800. The van der Waals surface area contributed by atoms with Crippen LogP contribution in [0.3, 0.4) is 0 Å². The molecular formula is C9H9Cl2F3N4. The van der Waals surface area contributed by atoms with E-state index in [9.17, 15) is 13.2 Å². The van der Waals surface area contributed by atoms with Crippen LogP contribution >= 0.6 is 23.2 Å². The topological polar surface area (TPSA) is 41.9 Å². The first kappa shape index (κ1) is 13.6. The van der Waals surface area contributed by atoms with E-state index in [1.165, 1.54) is 4.90 Å². The van der Waals surface area contributed by atoms with Crippen molar-refractivity contribution in [1.29, 1.82) is 0 Å². The van der Waals surface area contributed by atoms with Gasteiger partial charge in [-0.1, -0.05) is 11.6 Å².